The first-order valence-electron chi connectivity index (χ1n) is 9.75. The molecule has 0 amide bonds. The number of hydrogen-bond donors (Lipinski definition) is 2. The maximum atomic E-state index is 9.14. The normalized spacial score (nSPS) is 11.4. The maximum absolute atomic E-state index is 9.14. The number of aliphatic hydroxyl groups is 2. The number of aryl methyl sites for hydroxylation is 1. The van der Waals surface area contributed by atoms with Gasteiger partial charge >= 0.3 is 0 Å². The molecule has 0 spiro atoms. The van der Waals surface area contributed by atoms with Crippen LogP contribution < -0.4 is 4.90 Å². The molecule has 2 N–H and O–H groups in total. The number of rotatable bonds is 9. The molecule has 0 radical (unpaired) electrons. The smallest absolute Gasteiger partial charge is 0.0858 e. The summed E-state index contributed by atoms with van der Waals surface area (Å²) in [5, 5.41) is 35.2. The third-order valence-corrected chi connectivity index (χ3v) is 4.40. The van der Waals surface area contributed by atoms with Gasteiger partial charge in [-0.2, -0.15) is 20.5 Å². The van der Waals surface area contributed by atoms with E-state index in [9.17, 15) is 0 Å². The first kappa shape index (κ1) is 21.3. The van der Waals surface area contributed by atoms with Crippen molar-refractivity contribution >= 4 is 28.4 Å². The van der Waals surface area contributed by atoms with Crippen molar-refractivity contribution in [2.24, 2.45) is 20.5 Å². The van der Waals surface area contributed by atoms with Crippen LogP contribution in [0.5, 0.6) is 0 Å². The second-order valence-electron chi connectivity index (χ2n) is 6.70. The van der Waals surface area contributed by atoms with Gasteiger partial charge in [0.2, 0.25) is 0 Å². The van der Waals surface area contributed by atoms with Crippen molar-refractivity contribution in [3.8, 4) is 0 Å². The van der Waals surface area contributed by atoms with Crippen LogP contribution in [0.1, 0.15) is 5.56 Å². The minimum atomic E-state index is 0.0298. The van der Waals surface area contributed by atoms with E-state index >= 15 is 0 Å². The van der Waals surface area contributed by atoms with Gasteiger partial charge < -0.3 is 15.1 Å². The zero-order valence-electron chi connectivity index (χ0n) is 16.9. The van der Waals surface area contributed by atoms with E-state index < -0.39 is 0 Å². The predicted octanol–water partition coefficient (Wildman–Crippen LogP) is 5.62. The Kier molecular flexibility index (Phi) is 7.77. The third-order valence-electron chi connectivity index (χ3n) is 4.40. The van der Waals surface area contributed by atoms with Gasteiger partial charge in [-0.1, -0.05) is 17.7 Å². The molecule has 0 aliphatic heterocycles. The van der Waals surface area contributed by atoms with Crippen molar-refractivity contribution in [1.82, 2.24) is 0 Å². The van der Waals surface area contributed by atoms with E-state index in [1.807, 2.05) is 84.6 Å². The summed E-state index contributed by atoms with van der Waals surface area (Å²) in [6.07, 6.45) is 0. The molecule has 0 heterocycles. The molecule has 0 atom stereocenters. The van der Waals surface area contributed by atoms with Crippen LogP contribution in [0.3, 0.4) is 0 Å². The zero-order chi connectivity index (χ0) is 21.2. The second kappa shape index (κ2) is 10.9. The molecule has 0 unspecified atom stereocenters. The summed E-state index contributed by atoms with van der Waals surface area (Å²) in [6, 6.07) is 22.7. The van der Waals surface area contributed by atoms with Crippen LogP contribution in [0.25, 0.3) is 0 Å². The van der Waals surface area contributed by atoms with E-state index in [1.54, 1.807) is 0 Å². The minimum absolute atomic E-state index is 0.0298. The number of nitrogens with zero attached hydrogens (tertiary/aromatic N) is 5. The lowest BCUT2D eigenvalue weighted by atomic mass is 10.2. The van der Waals surface area contributed by atoms with Gasteiger partial charge in [-0.15, -0.1) is 0 Å². The monoisotopic (exact) mass is 403 g/mol. The third kappa shape index (κ3) is 6.30. The fraction of sp³-hybridized carbons (Fsp3) is 0.217. The lowest BCUT2D eigenvalue weighted by Gasteiger charge is -2.22. The van der Waals surface area contributed by atoms with Crippen molar-refractivity contribution in [2.45, 2.75) is 6.92 Å². The van der Waals surface area contributed by atoms with Crippen LogP contribution in [-0.4, -0.2) is 36.5 Å². The minimum Gasteiger partial charge on any atom is -0.395 e. The van der Waals surface area contributed by atoms with Gasteiger partial charge in [-0.3, -0.25) is 0 Å². The van der Waals surface area contributed by atoms with Crippen LogP contribution in [0, 0.1) is 6.92 Å². The van der Waals surface area contributed by atoms with Gasteiger partial charge in [-0.25, -0.2) is 0 Å². The highest BCUT2D eigenvalue weighted by atomic mass is 16.3. The maximum Gasteiger partial charge on any atom is 0.0858 e. The van der Waals surface area contributed by atoms with E-state index in [-0.39, 0.29) is 13.2 Å². The zero-order valence-corrected chi connectivity index (χ0v) is 16.9. The summed E-state index contributed by atoms with van der Waals surface area (Å²) in [4.78, 5) is 1.91. The van der Waals surface area contributed by atoms with Gasteiger partial charge in [0.05, 0.1) is 36.0 Å². The Morgan fingerprint density at radius 2 is 0.900 bits per heavy atom. The molecule has 3 aromatic carbocycles. The van der Waals surface area contributed by atoms with Crippen LogP contribution in [0.2, 0.25) is 0 Å². The molecule has 0 bridgehead atoms. The molecule has 0 saturated heterocycles. The molecule has 30 heavy (non-hydrogen) atoms. The summed E-state index contributed by atoms with van der Waals surface area (Å²) >= 11 is 0. The van der Waals surface area contributed by atoms with Crippen LogP contribution >= 0.6 is 0 Å². The first-order valence-corrected chi connectivity index (χ1v) is 9.75. The van der Waals surface area contributed by atoms with E-state index in [2.05, 4.69) is 20.5 Å². The highest BCUT2D eigenvalue weighted by molar-refractivity contribution is 5.53. The Hall–Kier alpha value is -3.42. The number of aliphatic hydroxyl groups excluding tert-OH is 2. The summed E-state index contributed by atoms with van der Waals surface area (Å²) in [5.41, 5.74) is 5.09. The van der Waals surface area contributed by atoms with Gasteiger partial charge in [0.1, 0.15) is 0 Å². The standard InChI is InChI=1S/C23H25N5O2/c1-18-2-4-19(5-3-18)24-25-20-6-8-21(9-7-20)26-27-22-10-12-23(13-11-22)28(14-16-29)15-17-30/h2-13,29-30H,14-17H2,1H3. The van der Waals surface area contributed by atoms with Gasteiger partial charge in [-0.05, 0) is 67.6 Å². The van der Waals surface area contributed by atoms with Crippen LogP contribution in [0.15, 0.2) is 93.3 Å². The molecule has 0 aromatic heterocycles. The molecule has 154 valence electrons. The fourth-order valence-corrected chi connectivity index (χ4v) is 2.77. The molecular formula is C23H25N5O2. The Morgan fingerprint density at radius 3 is 1.27 bits per heavy atom. The van der Waals surface area contributed by atoms with Crippen molar-refractivity contribution < 1.29 is 10.2 Å². The Balaban J connectivity index is 1.61. The molecule has 0 aliphatic rings. The van der Waals surface area contributed by atoms with Gasteiger partial charge in [0.15, 0.2) is 0 Å². The van der Waals surface area contributed by atoms with Crippen molar-refractivity contribution in [1.29, 1.82) is 0 Å². The number of hydrogen-bond acceptors (Lipinski definition) is 7. The molecule has 7 nitrogen and oxygen atoms in total. The Labute approximate surface area is 176 Å². The lowest BCUT2D eigenvalue weighted by Crippen LogP contribution is -2.29. The SMILES string of the molecule is Cc1ccc(N=Nc2ccc(N=Nc3ccc(N(CCO)CCO)cc3)cc2)cc1. The average Bonchev–Trinajstić information content (AvgIpc) is 2.78. The predicted molar refractivity (Wildman–Crippen MR) is 119 cm³/mol. The summed E-state index contributed by atoms with van der Waals surface area (Å²) in [5.74, 6) is 0. The van der Waals surface area contributed by atoms with E-state index in [1.165, 1.54) is 5.56 Å². The van der Waals surface area contributed by atoms with Crippen molar-refractivity contribution in [2.75, 3.05) is 31.2 Å². The fourth-order valence-electron chi connectivity index (χ4n) is 2.77. The Morgan fingerprint density at radius 1 is 0.567 bits per heavy atom. The molecule has 0 aliphatic carbocycles. The quantitative estimate of drug-likeness (QED) is 0.454. The number of anilines is 1. The largest absolute Gasteiger partial charge is 0.395 e. The van der Waals surface area contributed by atoms with Crippen molar-refractivity contribution in [3.05, 3.63) is 78.4 Å². The van der Waals surface area contributed by atoms with Gasteiger partial charge in [0, 0.05) is 18.8 Å². The topological polar surface area (TPSA) is 93.1 Å². The summed E-state index contributed by atoms with van der Waals surface area (Å²) < 4.78 is 0. The van der Waals surface area contributed by atoms with E-state index in [0.29, 0.717) is 13.1 Å². The number of azo groups is 2. The summed E-state index contributed by atoms with van der Waals surface area (Å²) in [6.45, 7) is 3.03. The van der Waals surface area contributed by atoms with E-state index in [0.717, 1.165) is 28.4 Å². The molecule has 3 aromatic rings. The molecule has 3 rings (SSSR count). The molecule has 7 heteroatoms. The molecule has 0 saturated carbocycles. The molecule has 0 fully saturated rings. The molecular weight excluding hydrogens is 378 g/mol. The van der Waals surface area contributed by atoms with Crippen LogP contribution in [-0.2, 0) is 0 Å². The lowest BCUT2D eigenvalue weighted by molar-refractivity contribution is 0.281. The number of benzene rings is 3. The average molecular weight is 403 g/mol. The van der Waals surface area contributed by atoms with Crippen molar-refractivity contribution in [3.63, 3.8) is 0 Å². The van der Waals surface area contributed by atoms with Crippen LogP contribution in [0.4, 0.5) is 28.4 Å². The summed E-state index contributed by atoms with van der Waals surface area (Å²) in [7, 11) is 0. The van der Waals surface area contributed by atoms with E-state index in [4.69, 9.17) is 10.2 Å². The highest BCUT2D eigenvalue weighted by Gasteiger charge is 2.05. The second-order valence-corrected chi connectivity index (χ2v) is 6.70. The first-order chi connectivity index (χ1) is 14.7. The van der Waals surface area contributed by atoms with Gasteiger partial charge in [0.25, 0.3) is 0 Å². The highest BCUT2D eigenvalue weighted by Crippen LogP contribution is 2.25. The Bertz CT molecular complexity index is 962.